The van der Waals surface area contributed by atoms with Crippen molar-refractivity contribution in [3.05, 3.63) is 0 Å². The Morgan fingerprint density at radius 1 is 1.67 bits per heavy atom. The molecule has 0 fully saturated rings. The SMILES string of the molecule is CC(C)(Cl)C#N. The fourth-order valence-electron chi connectivity index (χ4n) is 0. The van der Waals surface area contributed by atoms with E-state index in [4.69, 9.17) is 16.9 Å². The van der Waals surface area contributed by atoms with Crippen LogP contribution in [0, 0.1) is 11.3 Å². The van der Waals surface area contributed by atoms with E-state index in [0.29, 0.717) is 0 Å². The molecule has 0 aliphatic heterocycles. The molecule has 0 amide bonds. The third kappa shape index (κ3) is 3.78. The van der Waals surface area contributed by atoms with Gasteiger partial charge in [0.05, 0.1) is 6.07 Å². The first-order valence-corrected chi connectivity index (χ1v) is 2.04. The van der Waals surface area contributed by atoms with E-state index in [1.807, 2.05) is 6.07 Å². The Morgan fingerprint density at radius 2 is 1.83 bits per heavy atom. The molecule has 0 saturated heterocycles. The minimum absolute atomic E-state index is 0.681. The summed E-state index contributed by atoms with van der Waals surface area (Å²) in [6, 6.07) is 1.87. The minimum atomic E-state index is -0.681. The topological polar surface area (TPSA) is 23.8 Å². The van der Waals surface area contributed by atoms with Crippen LogP contribution < -0.4 is 0 Å². The number of nitrogens with zero attached hydrogens (tertiary/aromatic N) is 1. The second kappa shape index (κ2) is 1.49. The Morgan fingerprint density at radius 3 is 1.83 bits per heavy atom. The lowest BCUT2D eigenvalue weighted by atomic mass is 10.2. The zero-order valence-corrected chi connectivity index (χ0v) is 4.58. The maximum absolute atomic E-state index is 8.02. The molecule has 0 radical (unpaired) electrons. The predicted molar refractivity (Wildman–Crippen MR) is 25.5 cm³/mol. The molecule has 0 N–H and O–H groups in total. The fraction of sp³-hybridized carbons (Fsp3) is 0.750. The highest BCUT2D eigenvalue weighted by Gasteiger charge is 2.08. The normalized spacial score (nSPS) is 10.3. The standard InChI is InChI=1S/C4H6ClN/c1-4(2,5)3-6/h1-2H3. The molecule has 6 heavy (non-hydrogen) atoms. The Bertz CT molecular complexity index is 74.5. The molecule has 1 nitrogen and oxygen atoms in total. The third-order valence-electron chi connectivity index (χ3n) is 0.266. The van der Waals surface area contributed by atoms with E-state index in [1.165, 1.54) is 0 Å². The van der Waals surface area contributed by atoms with Gasteiger partial charge >= 0.3 is 0 Å². The summed E-state index contributed by atoms with van der Waals surface area (Å²) in [7, 11) is 0. The van der Waals surface area contributed by atoms with E-state index in [0.717, 1.165) is 0 Å². The molecule has 0 spiro atoms. The van der Waals surface area contributed by atoms with Crippen molar-refractivity contribution in [2.24, 2.45) is 0 Å². The van der Waals surface area contributed by atoms with Crippen molar-refractivity contribution in [1.29, 1.82) is 5.26 Å². The van der Waals surface area contributed by atoms with Crippen LogP contribution in [0.1, 0.15) is 13.8 Å². The fourth-order valence-corrected chi connectivity index (χ4v) is 0. The molecule has 0 aromatic heterocycles. The average molecular weight is 104 g/mol. The lowest BCUT2D eigenvalue weighted by molar-refractivity contribution is 0.898. The highest BCUT2D eigenvalue weighted by atomic mass is 35.5. The van der Waals surface area contributed by atoms with Gasteiger partial charge in [0.15, 0.2) is 0 Å². The maximum Gasteiger partial charge on any atom is 0.125 e. The molecule has 0 unspecified atom stereocenters. The van der Waals surface area contributed by atoms with Gasteiger partial charge in [0.25, 0.3) is 0 Å². The van der Waals surface area contributed by atoms with Crippen LogP contribution in [-0.2, 0) is 0 Å². The maximum atomic E-state index is 8.02. The summed E-state index contributed by atoms with van der Waals surface area (Å²) in [6.07, 6.45) is 0. The van der Waals surface area contributed by atoms with E-state index in [9.17, 15) is 0 Å². The van der Waals surface area contributed by atoms with Gasteiger partial charge in [-0.15, -0.1) is 11.6 Å². The molecule has 0 bridgehead atoms. The second-order valence-electron chi connectivity index (χ2n) is 1.58. The summed E-state index contributed by atoms with van der Waals surface area (Å²) in [6.45, 7) is 3.29. The van der Waals surface area contributed by atoms with Crippen LogP contribution >= 0.6 is 11.6 Å². The zero-order chi connectivity index (χ0) is 5.21. The van der Waals surface area contributed by atoms with Gasteiger partial charge in [0.1, 0.15) is 4.87 Å². The van der Waals surface area contributed by atoms with Crippen molar-refractivity contribution in [3.8, 4) is 6.07 Å². The van der Waals surface area contributed by atoms with Crippen LogP contribution in [0.2, 0.25) is 0 Å². The van der Waals surface area contributed by atoms with Gasteiger partial charge in [-0.05, 0) is 13.8 Å². The van der Waals surface area contributed by atoms with E-state index >= 15 is 0 Å². The van der Waals surface area contributed by atoms with Gasteiger partial charge in [-0.25, -0.2) is 0 Å². The Labute approximate surface area is 42.5 Å². The van der Waals surface area contributed by atoms with Crippen LogP contribution in [0.5, 0.6) is 0 Å². The summed E-state index contributed by atoms with van der Waals surface area (Å²) in [4.78, 5) is -0.681. The van der Waals surface area contributed by atoms with Gasteiger partial charge in [-0.1, -0.05) is 0 Å². The summed E-state index contributed by atoms with van der Waals surface area (Å²) in [5.41, 5.74) is 0. The molecule has 0 heterocycles. The smallest absolute Gasteiger partial charge is 0.125 e. The summed E-state index contributed by atoms with van der Waals surface area (Å²) >= 11 is 5.36. The number of rotatable bonds is 0. The molecular weight excluding hydrogens is 97.5 g/mol. The molecule has 34 valence electrons. The molecule has 0 aromatic rings. The molecule has 0 rings (SSSR count). The average Bonchev–Trinajstić information content (AvgIpc) is 1.35. The number of hydrogen-bond donors (Lipinski definition) is 0. The largest absolute Gasteiger partial charge is 0.196 e. The molecule has 0 atom stereocenters. The van der Waals surface area contributed by atoms with Crippen molar-refractivity contribution < 1.29 is 0 Å². The van der Waals surface area contributed by atoms with Crippen molar-refractivity contribution in [2.45, 2.75) is 18.7 Å². The Hall–Kier alpha value is -0.220. The first-order chi connectivity index (χ1) is 2.56. The van der Waals surface area contributed by atoms with Crippen molar-refractivity contribution in [1.82, 2.24) is 0 Å². The molecule has 2 heteroatoms. The Kier molecular flexibility index (Phi) is 1.43. The molecule has 0 aliphatic rings. The monoisotopic (exact) mass is 103 g/mol. The van der Waals surface area contributed by atoms with E-state index in [2.05, 4.69) is 0 Å². The van der Waals surface area contributed by atoms with Crippen molar-refractivity contribution in [3.63, 3.8) is 0 Å². The molecular formula is C4H6ClN. The minimum Gasteiger partial charge on any atom is -0.196 e. The van der Waals surface area contributed by atoms with Gasteiger partial charge in [-0.3, -0.25) is 0 Å². The summed E-state index contributed by atoms with van der Waals surface area (Å²) < 4.78 is 0. The Balaban J connectivity index is 3.55. The van der Waals surface area contributed by atoms with Crippen LogP contribution in [0.4, 0.5) is 0 Å². The summed E-state index contributed by atoms with van der Waals surface area (Å²) in [5.74, 6) is 0. The van der Waals surface area contributed by atoms with E-state index in [-0.39, 0.29) is 0 Å². The predicted octanol–water partition coefficient (Wildman–Crippen LogP) is 1.53. The van der Waals surface area contributed by atoms with Gasteiger partial charge in [0, 0.05) is 0 Å². The van der Waals surface area contributed by atoms with Crippen LogP contribution in [0.15, 0.2) is 0 Å². The van der Waals surface area contributed by atoms with Gasteiger partial charge in [-0.2, -0.15) is 5.26 Å². The highest BCUT2D eigenvalue weighted by Crippen LogP contribution is 2.08. The first-order valence-electron chi connectivity index (χ1n) is 1.66. The molecule has 0 saturated carbocycles. The van der Waals surface area contributed by atoms with Gasteiger partial charge in [0.2, 0.25) is 0 Å². The lowest BCUT2D eigenvalue weighted by Crippen LogP contribution is -2.03. The van der Waals surface area contributed by atoms with Crippen molar-refractivity contribution in [2.75, 3.05) is 0 Å². The molecule has 0 aromatic carbocycles. The second-order valence-corrected chi connectivity index (χ2v) is 2.53. The quantitative estimate of drug-likeness (QED) is 0.427. The van der Waals surface area contributed by atoms with Crippen LogP contribution in [0.25, 0.3) is 0 Å². The van der Waals surface area contributed by atoms with Gasteiger partial charge < -0.3 is 0 Å². The number of halogens is 1. The lowest BCUT2D eigenvalue weighted by Gasteiger charge is -1.97. The first kappa shape index (κ1) is 5.78. The highest BCUT2D eigenvalue weighted by molar-refractivity contribution is 6.25. The van der Waals surface area contributed by atoms with Crippen LogP contribution in [0.3, 0.4) is 0 Å². The number of nitriles is 1. The van der Waals surface area contributed by atoms with E-state index < -0.39 is 4.87 Å². The summed E-state index contributed by atoms with van der Waals surface area (Å²) in [5, 5.41) is 8.02. The number of alkyl halides is 1. The zero-order valence-electron chi connectivity index (χ0n) is 3.83. The number of hydrogen-bond acceptors (Lipinski definition) is 1. The third-order valence-corrected chi connectivity index (χ3v) is 0.350. The van der Waals surface area contributed by atoms with Crippen LogP contribution in [-0.4, -0.2) is 4.87 Å². The molecule has 0 aliphatic carbocycles. The van der Waals surface area contributed by atoms with Crippen molar-refractivity contribution >= 4 is 11.6 Å². The van der Waals surface area contributed by atoms with E-state index in [1.54, 1.807) is 13.8 Å².